The van der Waals surface area contributed by atoms with Crippen molar-refractivity contribution in [2.45, 2.75) is 46.1 Å². The summed E-state index contributed by atoms with van der Waals surface area (Å²) < 4.78 is 1.29. The number of rotatable bonds is 2. The second-order valence-electron chi connectivity index (χ2n) is 8.06. The molecule has 4 heterocycles. The van der Waals surface area contributed by atoms with Crippen molar-refractivity contribution in [3.05, 3.63) is 33.9 Å². The molecular formula is C19H25N5O3. The van der Waals surface area contributed by atoms with Gasteiger partial charge in [0, 0.05) is 43.6 Å². The highest BCUT2D eigenvalue weighted by molar-refractivity contribution is 5.95. The molecule has 2 aromatic heterocycles. The summed E-state index contributed by atoms with van der Waals surface area (Å²) in [6.07, 6.45) is 3.75. The van der Waals surface area contributed by atoms with Crippen LogP contribution in [-0.2, 0) is 4.79 Å². The van der Waals surface area contributed by atoms with Crippen LogP contribution in [0.3, 0.4) is 0 Å². The minimum Gasteiger partial charge on any atom is -0.340 e. The van der Waals surface area contributed by atoms with Gasteiger partial charge >= 0.3 is 0 Å². The van der Waals surface area contributed by atoms with Gasteiger partial charge in [0.15, 0.2) is 5.65 Å². The van der Waals surface area contributed by atoms with E-state index < -0.39 is 11.0 Å². The van der Waals surface area contributed by atoms with E-state index in [9.17, 15) is 14.4 Å². The SMILES string of the molecule is Cc1cc2ncc(C(=O)N3CC[C@@]4(CCCN(C(C)C)C4=O)C3)c(=O)n2[nH]1. The van der Waals surface area contributed by atoms with E-state index in [1.54, 1.807) is 11.0 Å². The molecular weight excluding hydrogens is 346 g/mol. The zero-order valence-corrected chi connectivity index (χ0v) is 16.0. The number of aromatic nitrogens is 3. The lowest BCUT2D eigenvalue weighted by Gasteiger charge is -2.41. The van der Waals surface area contributed by atoms with Gasteiger partial charge in [0.25, 0.3) is 11.5 Å². The Kier molecular flexibility index (Phi) is 4.09. The van der Waals surface area contributed by atoms with E-state index in [1.165, 1.54) is 10.7 Å². The monoisotopic (exact) mass is 371 g/mol. The number of amides is 2. The summed E-state index contributed by atoms with van der Waals surface area (Å²) in [6, 6.07) is 1.91. The van der Waals surface area contributed by atoms with Crippen molar-refractivity contribution in [1.29, 1.82) is 0 Å². The number of aromatic amines is 1. The Balaban J connectivity index is 1.61. The molecule has 2 aromatic rings. The maximum atomic E-state index is 13.0. The molecule has 4 rings (SSSR count). The molecule has 0 radical (unpaired) electrons. The maximum absolute atomic E-state index is 13.0. The predicted molar refractivity (Wildman–Crippen MR) is 99.6 cm³/mol. The molecule has 27 heavy (non-hydrogen) atoms. The number of nitrogens with zero attached hydrogens (tertiary/aromatic N) is 4. The Morgan fingerprint density at radius 1 is 1.26 bits per heavy atom. The normalized spacial score (nSPS) is 23.2. The number of piperidine rings is 1. The smallest absolute Gasteiger partial charge is 0.285 e. The zero-order chi connectivity index (χ0) is 19.3. The fraction of sp³-hybridized carbons (Fsp3) is 0.579. The molecule has 0 saturated carbocycles. The summed E-state index contributed by atoms with van der Waals surface area (Å²) in [7, 11) is 0. The van der Waals surface area contributed by atoms with E-state index >= 15 is 0 Å². The molecule has 8 heteroatoms. The molecule has 1 spiro atoms. The molecule has 0 aliphatic carbocycles. The van der Waals surface area contributed by atoms with Crippen molar-refractivity contribution in [3.8, 4) is 0 Å². The van der Waals surface area contributed by atoms with E-state index in [4.69, 9.17) is 0 Å². The molecule has 8 nitrogen and oxygen atoms in total. The Hall–Kier alpha value is -2.64. The van der Waals surface area contributed by atoms with Crippen molar-refractivity contribution in [2.24, 2.45) is 5.41 Å². The number of carbonyl (C=O) groups is 2. The molecule has 0 aromatic carbocycles. The van der Waals surface area contributed by atoms with Crippen molar-refractivity contribution in [1.82, 2.24) is 24.4 Å². The van der Waals surface area contributed by atoms with Gasteiger partial charge < -0.3 is 9.80 Å². The Bertz CT molecular complexity index is 975. The highest BCUT2D eigenvalue weighted by atomic mass is 16.2. The highest BCUT2D eigenvalue weighted by Gasteiger charge is 2.50. The number of H-pyrrole nitrogens is 1. The maximum Gasteiger partial charge on any atom is 0.285 e. The zero-order valence-electron chi connectivity index (χ0n) is 16.0. The average Bonchev–Trinajstić information content (AvgIpc) is 3.21. The van der Waals surface area contributed by atoms with Crippen LogP contribution in [0.2, 0.25) is 0 Å². The lowest BCUT2D eigenvalue weighted by Crippen LogP contribution is -2.52. The van der Waals surface area contributed by atoms with Crippen LogP contribution in [0, 0.1) is 12.3 Å². The van der Waals surface area contributed by atoms with Crippen LogP contribution in [0.15, 0.2) is 17.1 Å². The number of fused-ring (bicyclic) bond motifs is 1. The first-order valence-corrected chi connectivity index (χ1v) is 9.50. The largest absolute Gasteiger partial charge is 0.340 e. The van der Waals surface area contributed by atoms with Crippen LogP contribution in [0.1, 0.15) is 49.2 Å². The molecule has 0 unspecified atom stereocenters. The van der Waals surface area contributed by atoms with Gasteiger partial charge in [0.05, 0.1) is 5.41 Å². The van der Waals surface area contributed by atoms with Gasteiger partial charge in [-0.25, -0.2) is 9.50 Å². The number of aryl methyl sites for hydroxylation is 1. The van der Waals surface area contributed by atoms with Gasteiger partial charge in [-0.3, -0.25) is 19.5 Å². The predicted octanol–water partition coefficient (Wildman–Crippen LogP) is 1.19. The third kappa shape index (κ3) is 2.74. The molecule has 1 N–H and O–H groups in total. The van der Waals surface area contributed by atoms with Crippen molar-refractivity contribution >= 4 is 17.5 Å². The molecule has 2 aliphatic rings. The van der Waals surface area contributed by atoms with Gasteiger partial charge in [-0.2, -0.15) is 0 Å². The fourth-order valence-corrected chi connectivity index (χ4v) is 4.42. The van der Waals surface area contributed by atoms with Crippen LogP contribution in [-0.4, -0.2) is 61.9 Å². The van der Waals surface area contributed by atoms with Crippen molar-refractivity contribution in [3.63, 3.8) is 0 Å². The second-order valence-corrected chi connectivity index (χ2v) is 8.06. The standard InChI is InChI=1S/C19H25N5O3/c1-12(2)23-7-4-5-19(18(23)27)6-8-22(11-19)16(25)14-10-20-15-9-13(3)21-24(15)17(14)26/h9-10,12,21H,4-8,11H2,1-3H3/t19-/m0/s1. The van der Waals surface area contributed by atoms with Crippen LogP contribution >= 0.6 is 0 Å². The first-order valence-electron chi connectivity index (χ1n) is 9.50. The third-order valence-corrected chi connectivity index (χ3v) is 5.89. The van der Waals surface area contributed by atoms with Gasteiger partial charge in [0.2, 0.25) is 5.91 Å². The summed E-state index contributed by atoms with van der Waals surface area (Å²) in [5.41, 5.74) is 0.413. The topological polar surface area (TPSA) is 90.8 Å². The number of likely N-dealkylation sites (tertiary alicyclic amines) is 2. The minimum absolute atomic E-state index is 0.0374. The summed E-state index contributed by atoms with van der Waals surface area (Å²) in [4.78, 5) is 46.5. The van der Waals surface area contributed by atoms with E-state index in [2.05, 4.69) is 10.1 Å². The number of nitrogens with one attached hydrogen (secondary N) is 1. The molecule has 1 atom stereocenters. The summed E-state index contributed by atoms with van der Waals surface area (Å²) in [5.74, 6) is -0.204. The lowest BCUT2D eigenvalue weighted by molar-refractivity contribution is -0.147. The Morgan fingerprint density at radius 2 is 2.04 bits per heavy atom. The summed E-state index contributed by atoms with van der Waals surface area (Å²) in [6.45, 7) is 7.52. The molecule has 2 fully saturated rings. The van der Waals surface area contributed by atoms with Crippen molar-refractivity contribution in [2.75, 3.05) is 19.6 Å². The quantitative estimate of drug-likeness (QED) is 0.859. The van der Waals surface area contributed by atoms with E-state index in [1.807, 2.05) is 25.7 Å². The first kappa shape index (κ1) is 17.8. The van der Waals surface area contributed by atoms with E-state index in [-0.39, 0.29) is 23.4 Å². The lowest BCUT2D eigenvalue weighted by atomic mass is 9.78. The number of hydrogen-bond acceptors (Lipinski definition) is 4. The van der Waals surface area contributed by atoms with Gasteiger partial charge in [-0.1, -0.05) is 0 Å². The molecule has 2 aliphatic heterocycles. The number of carbonyl (C=O) groups excluding carboxylic acids is 2. The first-order chi connectivity index (χ1) is 12.8. The Morgan fingerprint density at radius 3 is 2.78 bits per heavy atom. The molecule has 144 valence electrons. The number of hydrogen-bond donors (Lipinski definition) is 1. The highest BCUT2D eigenvalue weighted by Crippen LogP contribution is 2.40. The van der Waals surface area contributed by atoms with Crippen molar-refractivity contribution < 1.29 is 9.59 Å². The second kappa shape index (κ2) is 6.21. The molecule has 0 bridgehead atoms. The molecule has 2 amide bonds. The minimum atomic E-state index is -0.505. The summed E-state index contributed by atoms with van der Waals surface area (Å²) >= 11 is 0. The van der Waals surface area contributed by atoms with Gasteiger partial charge in [0.1, 0.15) is 5.56 Å². The van der Waals surface area contributed by atoms with Crippen LogP contribution in [0.4, 0.5) is 0 Å². The average molecular weight is 371 g/mol. The summed E-state index contributed by atoms with van der Waals surface area (Å²) in [5, 5.41) is 2.90. The van der Waals surface area contributed by atoms with Gasteiger partial charge in [-0.05, 0) is 40.0 Å². The van der Waals surface area contributed by atoms with E-state index in [0.717, 1.165) is 25.1 Å². The van der Waals surface area contributed by atoms with E-state index in [0.29, 0.717) is 25.2 Å². The van der Waals surface area contributed by atoms with Crippen LogP contribution in [0.5, 0.6) is 0 Å². The Labute approximate surface area is 157 Å². The molecule has 2 saturated heterocycles. The fourth-order valence-electron chi connectivity index (χ4n) is 4.42. The van der Waals surface area contributed by atoms with Crippen LogP contribution < -0.4 is 5.56 Å². The van der Waals surface area contributed by atoms with Gasteiger partial charge in [-0.15, -0.1) is 0 Å². The third-order valence-electron chi connectivity index (χ3n) is 5.89. The van der Waals surface area contributed by atoms with Crippen LogP contribution in [0.25, 0.3) is 5.65 Å².